The van der Waals surface area contributed by atoms with Gasteiger partial charge in [0.05, 0.1) is 0 Å². The zero-order valence-corrected chi connectivity index (χ0v) is 17.3. The van der Waals surface area contributed by atoms with Gasteiger partial charge in [0, 0.05) is 22.2 Å². The summed E-state index contributed by atoms with van der Waals surface area (Å²) in [5, 5.41) is 4.91. The first-order valence-electron chi connectivity index (χ1n) is 10.1. The minimum absolute atomic E-state index is 0.00441. The molecule has 0 unspecified atom stereocenters. The number of rotatable bonds is 2. The second-order valence-electron chi connectivity index (χ2n) is 8.19. The van der Waals surface area contributed by atoms with Crippen LogP contribution in [0.4, 0.5) is 10.5 Å². The van der Waals surface area contributed by atoms with Gasteiger partial charge in [-0.15, -0.1) is 11.3 Å². The van der Waals surface area contributed by atoms with Crippen LogP contribution >= 0.6 is 11.3 Å². The topological polar surface area (TPSA) is 69.7 Å². The smallest absolute Gasteiger partial charge is 0.319 e. The van der Waals surface area contributed by atoms with E-state index in [1.807, 2.05) is 42.6 Å². The maximum atomic E-state index is 13.5. The monoisotopic (exact) mass is 409 g/mol. The number of imide groups is 1. The molecule has 1 aromatic heterocycles. The first-order valence-corrected chi connectivity index (χ1v) is 11.0. The molecule has 29 heavy (non-hydrogen) atoms. The van der Waals surface area contributed by atoms with E-state index in [0.29, 0.717) is 6.42 Å². The van der Waals surface area contributed by atoms with Gasteiger partial charge in [-0.1, -0.05) is 18.2 Å². The van der Waals surface area contributed by atoms with E-state index >= 15 is 0 Å². The van der Waals surface area contributed by atoms with Crippen molar-refractivity contribution in [2.45, 2.75) is 57.2 Å². The minimum atomic E-state index is -1.02. The number of benzene rings is 1. The predicted molar refractivity (Wildman–Crippen MR) is 111 cm³/mol. The van der Waals surface area contributed by atoms with E-state index in [1.54, 1.807) is 23.2 Å². The molecular formula is C22H23N3O3S. The normalized spacial score (nSPS) is 26.5. The van der Waals surface area contributed by atoms with E-state index in [1.165, 1.54) is 0 Å². The Balaban J connectivity index is 1.47. The number of carbonyl (C=O) groups is 3. The summed E-state index contributed by atoms with van der Waals surface area (Å²) in [5.74, 6) is -0.521. The quantitative estimate of drug-likeness (QED) is 0.775. The fourth-order valence-corrected chi connectivity index (χ4v) is 6.07. The molecule has 6 nitrogen and oxygen atoms in total. The number of thiophene rings is 1. The molecule has 3 atom stereocenters. The number of carbonyl (C=O) groups excluding carboxylic acids is 3. The molecule has 1 N–H and O–H groups in total. The Morgan fingerprint density at radius 1 is 1.28 bits per heavy atom. The van der Waals surface area contributed by atoms with E-state index < -0.39 is 17.6 Å². The molecule has 2 aromatic rings. The van der Waals surface area contributed by atoms with E-state index in [0.717, 1.165) is 45.9 Å². The molecule has 7 heteroatoms. The van der Waals surface area contributed by atoms with Gasteiger partial charge in [0.25, 0.3) is 5.91 Å². The van der Waals surface area contributed by atoms with E-state index in [-0.39, 0.29) is 17.9 Å². The van der Waals surface area contributed by atoms with Crippen LogP contribution in [0, 0.1) is 0 Å². The second kappa shape index (κ2) is 6.42. The molecule has 1 aliphatic carbocycles. The summed E-state index contributed by atoms with van der Waals surface area (Å²) in [6, 6.07) is 8.41. The van der Waals surface area contributed by atoms with Crippen molar-refractivity contribution in [3.8, 4) is 0 Å². The van der Waals surface area contributed by atoms with E-state index in [9.17, 15) is 14.4 Å². The Kier molecular flexibility index (Phi) is 4.07. The third-order valence-electron chi connectivity index (χ3n) is 6.47. The number of nitrogens with zero attached hydrogens (tertiary/aromatic N) is 2. The van der Waals surface area contributed by atoms with Gasteiger partial charge in [-0.3, -0.25) is 9.59 Å². The second-order valence-corrected chi connectivity index (χ2v) is 9.19. The van der Waals surface area contributed by atoms with Crippen LogP contribution in [0.15, 0.2) is 35.7 Å². The van der Waals surface area contributed by atoms with Gasteiger partial charge in [-0.2, -0.15) is 0 Å². The van der Waals surface area contributed by atoms with Gasteiger partial charge in [-0.05, 0) is 62.6 Å². The fourth-order valence-electron chi connectivity index (χ4n) is 5.07. The average Bonchev–Trinajstić information content (AvgIpc) is 3.37. The Morgan fingerprint density at radius 3 is 2.90 bits per heavy atom. The van der Waals surface area contributed by atoms with Crippen molar-refractivity contribution in [3.63, 3.8) is 0 Å². The van der Waals surface area contributed by atoms with Crippen LogP contribution in [0.5, 0.6) is 0 Å². The van der Waals surface area contributed by atoms with Gasteiger partial charge in [0.1, 0.15) is 11.6 Å². The number of urea groups is 1. The number of hydrogen-bond donors (Lipinski definition) is 1. The molecule has 150 valence electrons. The zero-order chi connectivity index (χ0) is 20.3. The number of fused-ring (bicyclic) bond motifs is 3. The van der Waals surface area contributed by atoms with Crippen LogP contribution in [0.3, 0.4) is 0 Å². The van der Waals surface area contributed by atoms with Gasteiger partial charge >= 0.3 is 6.03 Å². The molecule has 1 saturated heterocycles. The molecule has 3 aliphatic rings. The van der Waals surface area contributed by atoms with Crippen molar-refractivity contribution in [1.29, 1.82) is 0 Å². The number of nitrogens with one attached hydrogen (secondary N) is 1. The van der Waals surface area contributed by atoms with Crippen LogP contribution in [0.2, 0.25) is 0 Å². The number of hydrogen-bond acceptors (Lipinski definition) is 4. The van der Waals surface area contributed by atoms with E-state index in [4.69, 9.17) is 0 Å². The van der Waals surface area contributed by atoms with Crippen LogP contribution < -0.4 is 10.2 Å². The fraction of sp³-hybridized carbons (Fsp3) is 0.409. The van der Waals surface area contributed by atoms with Crippen LogP contribution in [0.1, 0.15) is 42.7 Å². The molecule has 0 radical (unpaired) electrons. The van der Waals surface area contributed by atoms with Crippen molar-refractivity contribution < 1.29 is 14.4 Å². The lowest BCUT2D eigenvalue weighted by molar-refractivity contribution is -0.137. The van der Waals surface area contributed by atoms with Crippen LogP contribution in [-0.2, 0) is 28.0 Å². The van der Waals surface area contributed by atoms with Crippen molar-refractivity contribution >= 4 is 34.9 Å². The number of para-hydroxylation sites is 1. The van der Waals surface area contributed by atoms with Crippen molar-refractivity contribution in [2.75, 3.05) is 4.90 Å². The molecule has 1 fully saturated rings. The third-order valence-corrected chi connectivity index (χ3v) is 7.45. The van der Waals surface area contributed by atoms with Crippen molar-refractivity contribution in [3.05, 3.63) is 51.7 Å². The highest BCUT2D eigenvalue weighted by molar-refractivity contribution is 7.10. The van der Waals surface area contributed by atoms with Gasteiger partial charge in [0.15, 0.2) is 0 Å². The lowest BCUT2D eigenvalue weighted by Gasteiger charge is -2.33. The Labute approximate surface area is 173 Å². The number of aryl methyl sites for hydroxylation is 1. The molecule has 1 spiro atoms. The van der Waals surface area contributed by atoms with Gasteiger partial charge in [0.2, 0.25) is 5.91 Å². The van der Waals surface area contributed by atoms with Gasteiger partial charge in [-0.25, -0.2) is 9.69 Å². The molecule has 2 aliphatic heterocycles. The first-order chi connectivity index (χ1) is 13.9. The minimum Gasteiger partial charge on any atom is -0.319 e. The average molecular weight is 410 g/mol. The number of amides is 4. The highest BCUT2D eigenvalue weighted by Gasteiger charge is 2.56. The molecule has 0 saturated carbocycles. The Morgan fingerprint density at radius 2 is 2.07 bits per heavy atom. The highest BCUT2D eigenvalue weighted by atomic mass is 32.1. The van der Waals surface area contributed by atoms with Crippen molar-refractivity contribution in [2.24, 2.45) is 0 Å². The summed E-state index contributed by atoms with van der Waals surface area (Å²) in [7, 11) is 0. The SMILES string of the molecule is C[C@H](C(=O)N1c2ccccc2C[C@H]1C)N1C(=O)N[C@]2(CCCc3sccc32)C1=O. The van der Waals surface area contributed by atoms with Crippen molar-refractivity contribution in [1.82, 2.24) is 10.2 Å². The summed E-state index contributed by atoms with van der Waals surface area (Å²) < 4.78 is 0. The van der Waals surface area contributed by atoms with Gasteiger partial charge < -0.3 is 10.2 Å². The summed E-state index contributed by atoms with van der Waals surface area (Å²) in [6.07, 6.45) is 3.11. The summed E-state index contributed by atoms with van der Waals surface area (Å²) in [6.45, 7) is 3.65. The lowest BCUT2D eigenvalue weighted by atomic mass is 9.80. The standard InChI is InChI=1S/C22H23N3O3S/c1-13-12-15-6-3-4-7-17(15)24(13)19(26)14(2)25-20(27)22(23-21(25)28)10-5-8-18-16(22)9-11-29-18/h3-4,6-7,9,11,13-14H,5,8,10,12H2,1-2H3,(H,23,28)/t13-,14-,22+/m1/s1. The van der Waals surface area contributed by atoms with E-state index in [2.05, 4.69) is 5.32 Å². The maximum absolute atomic E-state index is 13.5. The first kappa shape index (κ1) is 18.4. The molecule has 0 bridgehead atoms. The predicted octanol–water partition coefficient (Wildman–Crippen LogP) is 3.20. The maximum Gasteiger partial charge on any atom is 0.326 e. The highest BCUT2D eigenvalue weighted by Crippen LogP contribution is 2.43. The molecule has 5 rings (SSSR count). The third kappa shape index (κ3) is 2.50. The van der Waals surface area contributed by atoms with Crippen LogP contribution in [-0.4, -0.2) is 34.8 Å². The summed E-state index contributed by atoms with van der Waals surface area (Å²) >= 11 is 1.62. The molecule has 1 aromatic carbocycles. The summed E-state index contributed by atoms with van der Waals surface area (Å²) in [5.41, 5.74) is 1.86. The zero-order valence-electron chi connectivity index (χ0n) is 16.5. The van der Waals surface area contributed by atoms with Crippen LogP contribution in [0.25, 0.3) is 0 Å². The largest absolute Gasteiger partial charge is 0.326 e. The number of anilines is 1. The Hall–Kier alpha value is -2.67. The molecular weight excluding hydrogens is 386 g/mol. The Bertz CT molecular complexity index is 1030. The molecule has 3 heterocycles. The lowest BCUT2D eigenvalue weighted by Crippen LogP contribution is -2.52. The summed E-state index contributed by atoms with van der Waals surface area (Å²) in [4.78, 5) is 43.9. The molecule has 4 amide bonds.